The van der Waals surface area contributed by atoms with E-state index in [4.69, 9.17) is 5.73 Å². The average Bonchev–Trinajstić information content (AvgIpc) is 3.02. The Hall–Kier alpha value is -1.30. The van der Waals surface area contributed by atoms with Crippen LogP contribution in [0.4, 0.5) is 4.39 Å². The molecule has 0 bridgehead atoms. The fourth-order valence-corrected chi connectivity index (χ4v) is 3.28. The standard InChI is InChI=1S/C14H16FN3S/c15-11-2-1-10-9-18(13(8-16)12(10)7-11)5-3-14-17-4-6-19-14/h1-2,4,6-7,13H,3,5,8-9,16H2. The molecule has 1 aromatic carbocycles. The third kappa shape index (κ3) is 2.54. The van der Waals surface area contributed by atoms with Gasteiger partial charge in [0.05, 0.1) is 5.01 Å². The van der Waals surface area contributed by atoms with Crippen LogP contribution in [0.3, 0.4) is 0 Å². The van der Waals surface area contributed by atoms with Crippen molar-refractivity contribution >= 4 is 11.3 Å². The number of rotatable bonds is 4. The largest absolute Gasteiger partial charge is 0.329 e. The fourth-order valence-electron chi connectivity index (χ4n) is 2.67. The van der Waals surface area contributed by atoms with Crippen LogP contribution in [0.1, 0.15) is 22.2 Å². The van der Waals surface area contributed by atoms with Gasteiger partial charge in [-0.1, -0.05) is 6.07 Å². The maximum atomic E-state index is 13.3. The van der Waals surface area contributed by atoms with Crippen LogP contribution in [0.25, 0.3) is 0 Å². The zero-order chi connectivity index (χ0) is 13.2. The maximum absolute atomic E-state index is 13.3. The molecule has 0 saturated carbocycles. The summed E-state index contributed by atoms with van der Waals surface area (Å²) >= 11 is 1.67. The second-order valence-electron chi connectivity index (χ2n) is 4.74. The van der Waals surface area contributed by atoms with Crippen LogP contribution >= 0.6 is 11.3 Å². The van der Waals surface area contributed by atoms with Crippen molar-refractivity contribution in [2.75, 3.05) is 13.1 Å². The third-order valence-electron chi connectivity index (χ3n) is 3.60. The predicted molar refractivity (Wildman–Crippen MR) is 74.4 cm³/mol. The van der Waals surface area contributed by atoms with E-state index >= 15 is 0 Å². The zero-order valence-electron chi connectivity index (χ0n) is 10.6. The second kappa shape index (κ2) is 5.36. The van der Waals surface area contributed by atoms with Gasteiger partial charge in [0.2, 0.25) is 0 Å². The van der Waals surface area contributed by atoms with Gasteiger partial charge in [-0.15, -0.1) is 11.3 Å². The molecule has 1 aromatic heterocycles. The van der Waals surface area contributed by atoms with E-state index in [-0.39, 0.29) is 11.9 Å². The minimum absolute atomic E-state index is 0.130. The molecule has 0 spiro atoms. The first-order valence-corrected chi connectivity index (χ1v) is 7.26. The van der Waals surface area contributed by atoms with Crippen LogP contribution < -0.4 is 5.73 Å². The lowest BCUT2D eigenvalue weighted by atomic mass is 10.0. The van der Waals surface area contributed by atoms with Gasteiger partial charge in [0.1, 0.15) is 5.82 Å². The number of hydrogen-bond donors (Lipinski definition) is 1. The summed E-state index contributed by atoms with van der Waals surface area (Å²) in [5.74, 6) is -0.182. The Kier molecular flexibility index (Phi) is 3.59. The Labute approximate surface area is 115 Å². The molecule has 0 radical (unpaired) electrons. The molecule has 0 fully saturated rings. The van der Waals surface area contributed by atoms with E-state index in [1.54, 1.807) is 17.4 Å². The number of nitrogens with zero attached hydrogens (tertiary/aromatic N) is 2. The van der Waals surface area contributed by atoms with Gasteiger partial charge in [0.25, 0.3) is 0 Å². The third-order valence-corrected chi connectivity index (χ3v) is 4.44. The van der Waals surface area contributed by atoms with E-state index < -0.39 is 0 Å². The number of benzene rings is 1. The van der Waals surface area contributed by atoms with Crippen LogP contribution in [0.5, 0.6) is 0 Å². The van der Waals surface area contributed by atoms with Crippen molar-refractivity contribution < 1.29 is 4.39 Å². The Morgan fingerprint density at radius 3 is 3.11 bits per heavy atom. The summed E-state index contributed by atoms with van der Waals surface area (Å²) in [6.45, 7) is 2.28. The first-order chi connectivity index (χ1) is 9.28. The van der Waals surface area contributed by atoms with Crippen LogP contribution in [-0.4, -0.2) is 23.0 Å². The molecule has 3 rings (SSSR count). The highest BCUT2D eigenvalue weighted by Crippen LogP contribution is 2.33. The topological polar surface area (TPSA) is 42.1 Å². The second-order valence-corrected chi connectivity index (χ2v) is 5.72. The molecule has 1 aliphatic heterocycles. The van der Waals surface area contributed by atoms with Gasteiger partial charge in [0, 0.05) is 43.7 Å². The molecule has 0 amide bonds. The molecule has 19 heavy (non-hydrogen) atoms. The van der Waals surface area contributed by atoms with Crippen molar-refractivity contribution in [3.05, 3.63) is 51.7 Å². The lowest BCUT2D eigenvalue weighted by Gasteiger charge is -2.23. The van der Waals surface area contributed by atoms with Gasteiger partial charge in [-0.05, 0) is 23.3 Å². The highest BCUT2D eigenvalue weighted by atomic mass is 32.1. The van der Waals surface area contributed by atoms with E-state index in [0.717, 1.165) is 30.1 Å². The van der Waals surface area contributed by atoms with Gasteiger partial charge in [-0.25, -0.2) is 9.37 Å². The molecule has 100 valence electrons. The molecule has 0 aliphatic carbocycles. The van der Waals surface area contributed by atoms with Gasteiger partial charge < -0.3 is 5.73 Å². The van der Waals surface area contributed by atoms with E-state index in [9.17, 15) is 4.39 Å². The molecule has 5 heteroatoms. The molecule has 0 saturated heterocycles. The SMILES string of the molecule is NCC1c2cc(F)ccc2CN1CCc1nccs1. The Bertz CT molecular complexity index is 556. The predicted octanol–water partition coefficient (Wildman–Crippen LogP) is 2.34. The van der Waals surface area contributed by atoms with Gasteiger partial charge >= 0.3 is 0 Å². The molecule has 1 aliphatic rings. The smallest absolute Gasteiger partial charge is 0.123 e. The number of hydrogen-bond acceptors (Lipinski definition) is 4. The van der Waals surface area contributed by atoms with E-state index in [1.165, 1.54) is 11.6 Å². The summed E-state index contributed by atoms with van der Waals surface area (Å²) in [6.07, 6.45) is 2.75. The van der Waals surface area contributed by atoms with Crippen LogP contribution in [0.15, 0.2) is 29.8 Å². The number of nitrogens with two attached hydrogens (primary N) is 1. The average molecular weight is 277 g/mol. The lowest BCUT2D eigenvalue weighted by molar-refractivity contribution is 0.222. The molecular formula is C14H16FN3S. The molecule has 1 unspecified atom stereocenters. The molecule has 2 heterocycles. The molecule has 2 N–H and O–H groups in total. The van der Waals surface area contributed by atoms with Crippen molar-refractivity contribution in [1.82, 2.24) is 9.88 Å². The van der Waals surface area contributed by atoms with Crippen LogP contribution in [0, 0.1) is 5.82 Å². The molecular weight excluding hydrogens is 261 g/mol. The number of fused-ring (bicyclic) bond motifs is 1. The summed E-state index contributed by atoms with van der Waals surface area (Å²) in [6, 6.07) is 5.15. The molecule has 2 aromatic rings. The van der Waals surface area contributed by atoms with Gasteiger partial charge in [-0.2, -0.15) is 0 Å². The summed E-state index contributed by atoms with van der Waals surface area (Å²) in [7, 11) is 0. The lowest BCUT2D eigenvalue weighted by Crippen LogP contribution is -2.29. The van der Waals surface area contributed by atoms with Crippen LogP contribution in [0.2, 0.25) is 0 Å². The van der Waals surface area contributed by atoms with E-state index in [1.807, 2.05) is 17.6 Å². The minimum Gasteiger partial charge on any atom is -0.329 e. The van der Waals surface area contributed by atoms with Crippen LogP contribution in [-0.2, 0) is 13.0 Å². The maximum Gasteiger partial charge on any atom is 0.123 e. The van der Waals surface area contributed by atoms with Crippen molar-refractivity contribution in [2.24, 2.45) is 5.73 Å². The summed E-state index contributed by atoms with van der Waals surface area (Å²) in [4.78, 5) is 6.60. The molecule has 3 nitrogen and oxygen atoms in total. The van der Waals surface area contributed by atoms with Crippen molar-refractivity contribution in [1.29, 1.82) is 0 Å². The van der Waals surface area contributed by atoms with Crippen molar-refractivity contribution in [3.63, 3.8) is 0 Å². The van der Waals surface area contributed by atoms with Gasteiger partial charge in [-0.3, -0.25) is 4.90 Å². The highest BCUT2D eigenvalue weighted by molar-refractivity contribution is 7.09. The van der Waals surface area contributed by atoms with E-state index in [0.29, 0.717) is 6.54 Å². The van der Waals surface area contributed by atoms with E-state index in [2.05, 4.69) is 9.88 Å². The first-order valence-electron chi connectivity index (χ1n) is 6.38. The first kappa shape index (κ1) is 12.7. The normalized spacial score (nSPS) is 18.7. The van der Waals surface area contributed by atoms with Crippen molar-refractivity contribution in [2.45, 2.75) is 19.0 Å². The van der Waals surface area contributed by atoms with Crippen molar-refractivity contribution in [3.8, 4) is 0 Å². The Balaban J connectivity index is 1.74. The number of halogens is 1. The summed E-state index contributed by atoms with van der Waals surface area (Å²) < 4.78 is 13.3. The Morgan fingerprint density at radius 1 is 1.47 bits per heavy atom. The Morgan fingerprint density at radius 2 is 2.37 bits per heavy atom. The fraction of sp³-hybridized carbons (Fsp3) is 0.357. The highest BCUT2D eigenvalue weighted by Gasteiger charge is 2.29. The number of aromatic nitrogens is 1. The number of thiazole rings is 1. The molecule has 1 atom stereocenters. The summed E-state index contributed by atoms with van der Waals surface area (Å²) in [5, 5.41) is 3.13. The monoisotopic (exact) mass is 277 g/mol. The quantitative estimate of drug-likeness (QED) is 0.932. The zero-order valence-corrected chi connectivity index (χ0v) is 11.4. The summed E-state index contributed by atoms with van der Waals surface area (Å²) in [5.41, 5.74) is 8.09. The minimum atomic E-state index is -0.182. The van der Waals surface area contributed by atoms with Gasteiger partial charge in [0.15, 0.2) is 0 Å².